The number of carboxylic acid groups (broad SMARTS) is 1. The molecule has 0 fully saturated rings. The number of aromatic nitrogens is 2. The average molecular weight is 306 g/mol. The summed E-state index contributed by atoms with van der Waals surface area (Å²) in [5.74, 6) is -0.558. The van der Waals surface area contributed by atoms with Crippen LogP contribution in [0.25, 0.3) is 11.3 Å². The van der Waals surface area contributed by atoms with Crippen LogP contribution in [0.1, 0.15) is 18.3 Å². The van der Waals surface area contributed by atoms with Crippen molar-refractivity contribution in [3.63, 3.8) is 0 Å². The molecule has 7 heteroatoms. The Kier molecular flexibility index (Phi) is 3.17. The van der Waals surface area contributed by atoms with Crippen molar-refractivity contribution in [1.29, 1.82) is 0 Å². The number of nitrogens with two attached hydrogens (primary N) is 1. The summed E-state index contributed by atoms with van der Waals surface area (Å²) in [6.07, 6.45) is 0.812. The molecule has 6 nitrogen and oxygen atoms in total. The molecule has 0 radical (unpaired) electrons. The van der Waals surface area contributed by atoms with E-state index in [4.69, 9.17) is 22.4 Å². The van der Waals surface area contributed by atoms with Crippen LogP contribution in [0.15, 0.2) is 29.1 Å². The number of halogens is 1. The van der Waals surface area contributed by atoms with E-state index >= 15 is 0 Å². The van der Waals surface area contributed by atoms with Gasteiger partial charge in [0, 0.05) is 28.8 Å². The van der Waals surface area contributed by atoms with Gasteiger partial charge < -0.3 is 10.8 Å². The summed E-state index contributed by atoms with van der Waals surface area (Å²) in [5, 5.41) is 9.62. The number of aryl methyl sites for hydroxylation is 1. The number of carboxylic acids is 1. The van der Waals surface area contributed by atoms with Gasteiger partial charge in [-0.15, -0.1) is 0 Å². The van der Waals surface area contributed by atoms with Crippen LogP contribution in [0.2, 0.25) is 5.02 Å². The lowest BCUT2D eigenvalue weighted by Gasteiger charge is -2.11. The van der Waals surface area contributed by atoms with Crippen LogP contribution in [0, 0.1) is 0 Å². The van der Waals surface area contributed by atoms with Crippen molar-refractivity contribution in [3.8, 4) is 11.3 Å². The van der Waals surface area contributed by atoms with Crippen LogP contribution in [0.5, 0.6) is 0 Å². The topological polar surface area (TPSA) is 98.2 Å². The first kappa shape index (κ1) is 13.6. The molecule has 2 aromatic rings. The summed E-state index contributed by atoms with van der Waals surface area (Å²) in [6, 6.07) is 5.39. The predicted molar refractivity (Wildman–Crippen MR) is 78.3 cm³/mol. The van der Waals surface area contributed by atoms with Crippen molar-refractivity contribution in [1.82, 2.24) is 9.55 Å². The number of aliphatic carboxylic acids is 1. The molecule has 3 rings (SSSR count). The molecule has 108 valence electrons. The van der Waals surface area contributed by atoms with Gasteiger partial charge in [0.2, 0.25) is 0 Å². The minimum Gasteiger partial charge on any atom is -0.480 e. The van der Waals surface area contributed by atoms with Crippen molar-refractivity contribution >= 4 is 23.3 Å². The van der Waals surface area contributed by atoms with Gasteiger partial charge in [0.1, 0.15) is 11.9 Å². The second kappa shape index (κ2) is 4.89. The zero-order valence-electron chi connectivity index (χ0n) is 10.9. The number of anilines is 1. The van der Waals surface area contributed by atoms with Crippen molar-refractivity contribution in [2.45, 2.75) is 18.9 Å². The Bertz CT molecular complexity index is 801. The first-order valence-corrected chi connectivity index (χ1v) is 6.76. The number of carbonyl (C=O) groups is 1. The normalized spacial score (nSPS) is 16.7. The van der Waals surface area contributed by atoms with E-state index in [1.165, 1.54) is 10.6 Å². The first-order chi connectivity index (χ1) is 9.97. The first-order valence-electron chi connectivity index (χ1n) is 6.38. The lowest BCUT2D eigenvalue weighted by atomic mass is 10.1. The lowest BCUT2D eigenvalue weighted by Crippen LogP contribution is -2.28. The number of nitrogens with zero attached hydrogens (tertiary/aromatic N) is 2. The molecule has 0 aliphatic carbocycles. The van der Waals surface area contributed by atoms with Crippen LogP contribution in [-0.4, -0.2) is 20.6 Å². The number of nitrogen functional groups attached to an aromatic ring is 1. The quantitative estimate of drug-likeness (QED) is 0.823. The minimum atomic E-state index is -1.02. The van der Waals surface area contributed by atoms with Crippen molar-refractivity contribution < 1.29 is 9.90 Å². The third kappa shape index (κ3) is 2.27. The van der Waals surface area contributed by atoms with Crippen LogP contribution in [0.4, 0.5) is 5.69 Å². The smallest absolute Gasteiger partial charge is 0.326 e. The van der Waals surface area contributed by atoms with E-state index in [-0.39, 0.29) is 5.56 Å². The van der Waals surface area contributed by atoms with Gasteiger partial charge in [-0.05, 0) is 24.6 Å². The average Bonchev–Trinajstić information content (AvgIpc) is 2.86. The van der Waals surface area contributed by atoms with Gasteiger partial charge >= 0.3 is 5.97 Å². The molecule has 0 bridgehead atoms. The van der Waals surface area contributed by atoms with Crippen molar-refractivity contribution in [3.05, 3.63) is 45.5 Å². The van der Waals surface area contributed by atoms with E-state index in [1.807, 2.05) is 0 Å². The lowest BCUT2D eigenvalue weighted by molar-refractivity contribution is -0.140. The molecular weight excluding hydrogens is 294 g/mol. The molecule has 1 aliphatic heterocycles. The maximum Gasteiger partial charge on any atom is 0.326 e. The van der Waals surface area contributed by atoms with Crippen LogP contribution in [0.3, 0.4) is 0 Å². The summed E-state index contributed by atoms with van der Waals surface area (Å²) >= 11 is 5.94. The Morgan fingerprint density at radius 3 is 2.90 bits per heavy atom. The van der Waals surface area contributed by atoms with Gasteiger partial charge in [-0.2, -0.15) is 0 Å². The van der Waals surface area contributed by atoms with Gasteiger partial charge in [-0.25, -0.2) is 9.78 Å². The molecule has 0 unspecified atom stereocenters. The molecule has 0 saturated heterocycles. The third-order valence-electron chi connectivity index (χ3n) is 3.55. The summed E-state index contributed by atoms with van der Waals surface area (Å²) in [5.41, 5.74) is 6.95. The van der Waals surface area contributed by atoms with Gasteiger partial charge in [0.15, 0.2) is 0 Å². The molecule has 0 amide bonds. The van der Waals surface area contributed by atoms with E-state index in [0.29, 0.717) is 40.6 Å². The Morgan fingerprint density at radius 1 is 1.43 bits per heavy atom. The van der Waals surface area contributed by atoms with Gasteiger partial charge in [-0.1, -0.05) is 11.6 Å². The van der Waals surface area contributed by atoms with Crippen LogP contribution < -0.4 is 11.3 Å². The molecule has 1 aliphatic rings. The van der Waals surface area contributed by atoms with Gasteiger partial charge in [-0.3, -0.25) is 9.36 Å². The Hall–Kier alpha value is -2.34. The monoisotopic (exact) mass is 305 g/mol. The molecule has 0 saturated carbocycles. The maximum absolute atomic E-state index is 12.2. The fourth-order valence-electron chi connectivity index (χ4n) is 2.57. The largest absolute Gasteiger partial charge is 0.480 e. The Labute approximate surface area is 124 Å². The van der Waals surface area contributed by atoms with E-state index < -0.39 is 12.0 Å². The van der Waals surface area contributed by atoms with E-state index in [2.05, 4.69) is 4.98 Å². The fraction of sp³-hybridized carbons (Fsp3) is 0.214. The highest BCUT2D eigenvalue weighted by Gasteiger charge is 2.30. The van der Waals surface area contributed by atoms with Gasteiger partial charge in [0.25, 0.3) is 5.56 Å². The summed E-state index contributed by atoms with van der Waals surface area (Å²) in [6.45, 7) is 0. The van der Waals surface area contributed by atoms with Crippen molar-refractivity contribution in [2.75, 3.05) is 5.73 Å². The number of rotatable bonds is 2. The number of benzene rings is 1. The zero-order chi connectivity index (χ0) is 15.1. The minimum absolute atomic E-state index is 0.367. The van der Waals surface area contributed by atoms with Crippen molar-refractivity contribution in [2.24, 2.45) is 0 Å². The second-order valence-electron chi connectivity index (χ2n) is 4.89. The molecular formula is C14H12ClN3O3. The summed E-state index contributed by atoms with van der Waals surface area (Å²) < 4.78 is 1.23. The number of hydrogen-bond donors (Lipinski definition) is 2. The standard InChI is InChI=1S/C14H12ClN3O3/c15-7-1-2-9(16)8(5-7)10-6-13(19)18-11(14(20)21)3-4-12(18)17-10/h1-2,5-6,11H,3-4,16H2,(H,20,21)/t11-/m0/s1. The Morgan fingerprint density at radius 2 is 2.19 bits per heavy atom. The zero-order valence-corrected chi connectivity index (χ0v) is 11.7. The highest BCUT2D eigenvalue weighted by atomic mass is 35.5. The van der Waals surface area contributed by atoms with Gasteiger partial charge in [0.05, 0.1) is 5.69 Å². The van der Waals surface area contributed by atoms with E-state index in [0.717, 1.165) is 0 Å². The molecule has 0 spiro atoms. The SMILES string of the molecule is Nc1ccc(Cl)cc1-c1cc(=O)n2c(n1)CC[C@H]2C(=O)O. The molecule has 2 heterocycles. The summed E-state index contributed by atoms with van der Waals surface area (Å²) in [4.78, 5) is 27.7. The molecule has 3 N–H and O–H groups in total. The highest BCUT2D eigenvalue weighted by molar-refractivity contribution is 6.31. The van der Waals surface area contributed by atoms with Crippen LogP contribution in [-0.2, 0) is 11.2 Å². The highest BCUT2D eigenvalue weighted by Crippen LogP contribution is 2.29. The Balaban J connectivity index is 2.16. The third-order valence-corrected chi connectivity index (χ3v) is 3.79. The van der Waals surface area contributed by atoms with E-state index in [1.54, 1.807) is 18.2 Å². The summed E-state index contributed by atoms with van der Waals surface area (Å²) in [7, 11) is 0. The maximum atomic E-state index is 12.2. The second-order valence-corrected chi connectivity index (χ2v) is 5.33. The number of fused-ring (bicyclic) bond motifs is 1. The molecule has 1 aromatic carbocycles. The van der Waals surface area contributed by atoms with Crippen LogP contribution >= 0.6 is 11.6 Å². The molecule has 21 heavy (non-hydrogen) atoms. The molecule has 1 atom stereocenters. The molecule has 1 aromatic heterocycles. The van der Waals surface area contributed by atoms with E-state index in [9.17, 15) is 9.59 Å². The fourth-order valence-corrected chi connectivity index (χ4v) is 2.74. The number of hydrogen-bond acceptors (Lipinski definition) is 4. The predicted octanol–water partition coefficient (Wildman–Crippen LogP) is 1.72.